The molecule has 0 atom stereocenters. The van der Waals surface area contributed by atoms with Crippen molar-refractivity contribution in [1.82, 2.24) is 0 Å². The number of methoxy groups -OCH3 is 2. The molecule has 6 nitrogen and oxygen atoms in total. The molecule has 0 aliphatic heterocycles. The Morgan fingerprint density at radius 2 is 1.79 bits per heavy atom. The van der Waals surface area contributed by atoms with E-state index >= 15 is 0 Å². The predicted molar refractivity (Wildman–Crippen MR) is 131 cm³/mol. The molecule has 0 saturated heterocycles. The van der Waals surface area contributed by atoms with Crippen LogP contribution in [-0.2, 0) is 6.61 Å². The molecule has 0 unspecified atom stereocenters. The van der Waals surface area contributed by atoms with E-state index in [0.717, 1.165) is 11.1 Å². The van der Waals surface area contributed by atoms with E-state index in [1.807, 2.05) is 36.4 Å². The Labute approximate surface area is 191 Å². The quantitative estimate of drug-likeness (QED) is 0.312. The van der Waals surface area contributed by atoms with Gasteiger partial charge in [-0.25, -0.2) is 0 Å². The molecule has 4 aromatic rings. The first-order valence-corrected chi connectivity index (χ1v) is 10.2. The second-order valence-corrected chi connectivity index (χ2v) is 7.20. The highest BCUT2D eigenvalue weighted by atomic mass is 16.5. The zero-order valence-corrected chi connectivity index (χ0v) is 18.5. The molecule has 0 N–H and O–H groups in total. The zero-order valence-electron chi connectivity index (χ0n) is 18.5. The number of hydrogen-bond donors (Lipinski definition) is 0. The molecule has 0 fully saturated rings. The van der Waals surface area contributed by atoms with E-state index in [0.29, 0.717) is 40.9 Å². The molecular weight excluding hydrogens is 418 g/mol. The molecular formula is C27H23NO5. The maximum absolute atomic E-state index is 13.1. The summed E-state index contributed by atoms with van der Waals surface area (Å²) in [6.45, 7) is 7.70. The maximum Gasteiger partial charge on any atom is 0.205 e. The van der Waals surface area contributed by atoms with E-state index in [9.17, 15) is 4.79 Å². The molecule has 0 aliphatic rings. The van der Waals surface area contributed by atoms with Crippen molar-refractivity contribution in [2.75, 3.05) is 14.2 Å². The van der Waals surface area contributed by atoms with E-state index in [4.69, 9.17) is 18.6 Å². The highest BCUT2D eigenvalue weighted by molar-refractivity contribution is 5.92. The molecule has 3 aromatic carbocycles. The lowest BCUT2D eigenvalue weighted by molar-refractivity contribution is 0.282. The van der Waals surface area contributed by atoms with Gasteiger partial charge in [0.05, 0.1) is 19.9 Å². The van der Waals surface area contributed by atoms with E-state index in [1.165, 1.54) is 20.3 Å². The number of benzene rings is 3. The minimum absolute atomic E-state index is 0.244. The molecule has 4 rings (SSSR count). The van der Waals surface area contributed by atoms with Crippen molar-refractivity contribution in [3.05, 3.63) is 88.6 Å². The second kappa shape index (κ2) is 9.44. The lowest BCUT2D eigenvalue weighted by atomic mass is 10.1. The fourth-order valence-corrected chi connectivity index (χ4v) is 3.61. The van der Waals surface area contributed by atoms with E-state index in [-0.39, 0.29) is 16.4 Å². The summed E-state index contributed by atoms with van der Waals surface area (Å²) in [5, 5.41) is 0.276. The van der Waals surface area contributed by atoms with Crippen LogP contribution in [0.4, 0.5) is 5.69 Å². The fourth-order valence-electron chi connectivity index (χ4n) is 3.61. The third kappa shape index (κ3) is 4.23. The van der Waals surface area contributed by atoms with Gasteiger partial charge in [0.1, 0.15) is 23.5 Å². The third-order valence-electron chi connectivity index (χ3n) is 5.25. The summed E-state index contributed by atoms with van der Waals surface area (Å²) in [6.07, 6.45) is 1.67. The summed E-state index contributed by atoms with van der Waals surface area (Å²) in [4.78, 5) is 17.1. The van der Waals surface area contributed by atoms with Crippen LogP contribution in [0.1, 0.15) is 11.1 Å². The third-order valence-corrected chi connectivity index (χ3v) is 5.25. The molecule has 0 bridgehead atoms. The van der Waals surface area contributed by atoms with Gasteiger partial charge in [0.2, 0.25) is 5.75 Å². The van der Waals surface area contributed by atoms with Crippen molar-refractivity contribution >= 4 is 29.5 Å². The molecule has 0 saturated carbocycles. The highest BCUT2D eigenvalue weighted by Gasteiger charge is 2.21. The molecule has 0 aliphatic carbocycles. The summed E-state index contributed by atoms with van der Waals surface area (Å²) in [6, 6.07) is 18.2. The average molecular weight is 441 g/mol. The summed E-state index contributed by atoms with van der Waals surface area (Å²) in [5.74, 6) is 1.43. The molecule has 0 spiro atoms. The van der Waals surface area contributed by atoms with Crippen LogP contribution in [0.5, 0.6) is 17.2 Å². The molecule has 1 aromatic heterocycles. The molecule has 6 heteroatoms. The van der Waals surface area contributed by atoms with Gasteiger partial charge in [-0.1, -0.05) is 43.0 Å². The first-order valence-electron chi connectivity index (χ1n) is 10.2. The first-order chi connectivity index (χ1) is 16.1. The topological polar surface area (TPSA) is 70.3 Å². The van der Waals surface area contributed by atoms with Crippen molar-refractivity contribution < 1.29 is 18.6 Å². The average Bonchev–Trinajstić information content (AvgIpc) is 2.86. The normalized spacial score (nSPS) is 10.6. The van der Waals surface area contributed by atoms with E-state index < -0.39 is 0 Å². The number of fused-ring (bicyclic) bond motifs is 1. The Morgan fingerprint density at radius 1 is 1.00 bits per heavy atom. The minimum atomic E-state index is -0.262. The maximum atomic E-state index is 13.1. The number of aliphatic imine (C=N–C) groups is 1. The van der Waals surface area contributed by atoms with Gasteiger partial charge < -0.3 is 18.6 Å². The highest BCUT2D eigenvalue weighted by Crippen LogP contribution is 2.42. The van der Waals surface area contributed by atoms with Crippen LogP contribution in [0.15, 0.2) is 81.4 Å². The number of nitrogens with zero attached hydrogens (tertiary/aromatic N) is 1. The smallest absolute Gasteiger partial charge is 0.205 e. The van der Waals surface area contributed by atoms with Gasteiger partial charge in [0, 0.05) is 23.3 Å². The van der Waals surface area contributed by atoms with E-state index in [2.05, 4.69) is 18.3 Å². The Morgan fingerprint density at radius 3 is 2.45 bits per heavy atom. The molecule has 0 amide bonds. The van der Waals surface area contributed by atoms with Gasteiger partial charge >= 0.3 is 0 Å². The molecule has 33 heavy (non-hydrogen) atoms. The monoisotopic (exact) mass is 441 g/mol. The lowest BCUT2D eigenvalue weighted by Gasteiger charge is -2.15. The van der Waals surface area contributed by atoms with Crippen LogP contribution in [0.25, 0.3) is 28.4 Å². The Bertz CT molecular complexity index is 1390. The largest absolute Gasteiger partial charge is 0.496 e. The Kier molecular flexibility index (Phi) is 6.26. The number of ether oxygens (including phenoxy) is 3. The van der Waals surface area contributed by atoms with Gasteiger partial charge in [-0.15, -0.1) is 0 Å². The first kappa shape index (κ1) is 21.9. The summed E-state index contributed by atoms with van der Waals surface area (Å²) >= 11 is 0. The lowest BCUT2D eigenvalue weighted by Crippen LogP contribution is -2.06. The molecule has 0 radical (unpaired) electrons. The molecule has 166 valence electrons. The number of hydrogen-bond acceptors (Lipinski definition) is 6. The standard InChI is InChI=1S/C27H23NO5/c1-5-18-13-19(11-12-20(18)28-2)22-14-21(29)25-23(30-3)15-24(26(31-4)27(25)33-22)32-16-17-9-7-6-8-10-17/h5-15H,1-2,16H2,3-4H3. The SMILES string of the molecule is C=Cc1cc(-c2cc(=O)c3c(OC)cc(OCc4ccccc4)c(OC)c3o2)ccc1N=C. The summed E-state index contributed by atoms with van der Waals surface area (Å²) in [7, 11) is 3.00. The second-order valence-electron chi connectivity index (χ2n) is 7.20. The van der Waals surface area contributed by atoms with Crippen LogP contribution in [0.2, 0.25) is 0 Å². The van der Waals surface area contributed by atoms with Crippen LogP contribution in [0, 0.1) is 0 Å². The van der Waals surface area contributed by atoms with E-state index in [1.54, 1.807) is 24.3 Å². The predicted octanol–water partition coefficient (Wildman–Crippen LogP) is 6.03. The van der Waals surface area contributed by atoms with Gasteiger partial charge in [-0.3, -0.25) is 9.79 Å². The Balaban J connectivity index is 1.88. The van der Waals surface area contributed by atoms with Crippen molar-refractivity contribution in [1.29, 1.82) is 0 Å². The summed E-state index contributed by atoms with van der Waals surface area (Å²) < 4.78 is 23.3. The van der Waals surface area contributed by atoms with Crippen LogP contribution in [0.3, 0.4) is 0 Å². The van der Waals surface area contributed by atoms with Gasteiger partial charge in [0.15, 0.2) is 16.8 Å². The minimum Gasteiger partial charge on any atom is -0.496 e. The van der Waals surface area contributed by atoms with Crippen molar-refractivity contribution in [2.45, 2.75) is 6.61 Å². The van der Waals surface area contributed by atoms with Crippen LogP contribution < -0.4 is 19.6 Å². The van der Waals surface area contributed by atoms with Crippen molar-refractivity contribution in [2.24, 2.45) is 4.99 Å². The number of rotatable bonds is 8. The Hall–Kier alpha value is -4.32. The van der Waals surface area contributed by atoms with Crippen LogP contribution >= 0.6 is 0 Å². The van der Waals surface area contributed by atoms with Gasteiger partial charge in [0.25, 0.3) is 0 Å². The summed E-state index contributed by atoms with van der Waals surface area (Å²) in [5.41, 5.74) is 3.12. The van der Waals surface area contributed by atoms with Gasteiger partial charge in [-0.05, 0) is 30.5 Å². The van der Waals surface area contributed by atoms with Gasteiger partial charge in [-0.2, -0.15) is 0 Å². The van der Waals surface area contributed by atoms with Crippen LogP contribution in [-0.4, -0.2) is 20.9 Å². The molecule has 1 heterocycles. The van der Waals surface area contributed by atoms with Crippen molar-refractivity contribution in [3.8, 4) is 28.6 Å². The fraction of sp³-hybridized carbons (Fsp3) is 0.111. The van der Waals surface area contributed by atoms with Crippen molar-refractivity contribution in [3.63, 3.8) is 0 Å². The zero-order chi connectivity index (χ0) is 23.4.